The summed E-state index contributed by atoms with van der Waals surface area (Å²) in [6.07, 6.45) is 0.209. The third kappa shape index (κ3) is 4.00. The summed E-state index contributed by atoms with van der Waals surface area (Å²) in [7, 11) is 2.03. The molecule has 24 heavy (non-hydrogen) atoms. The van der Waals surface area contributed by atoms with Crippen LogP contribution in [0.15, 0.2) is 30.6 Å². The van der Waals surface area contributed by atoms with Crippen LogP contribution in [0.25, 0.3) is 11.4 Å². The summed E-state index contributed by atoms with van der Waals surface area (Å²) in [5.74, 6) is 0.221. The van der Waals surface area contributed by atoms with Crippen molar-refractivity contribution in [2.45, 2.75) is 25.1 Å². The molecule has 0 unspecified atom stereocenters. The Morgan fingerprint density at radius 3 is 2.58 bits per heavy atom. The van der Waals surface area contributed by atoms with Crippen molar-refractivity contribution in [2.24, 2.45) is 0 Å². The van der Waals surface area contributed by atoms with Crippen LogP contribution < -0.4 is 5.32 Å². The molecule has 3 rings (SSSR count). The van der Waals surface area contributed by atoms with Crippen LogP contribution >= 0.6 is 0 Å². The van der Waals surface area contributed by atoms with E-state index in [2.05, 4.69) is 25.2 Å². The Morgan fingerprint density at radius 1 is 1.21 bits per heavy atom. The van der Waals surface area contributed by atoms with Crippen molar-refractivity contribution in [3.63, 3.8) is 0 Å². The normalized spacial score (nSPS) is 17.0. The highest BCUT2D eigenvalue weighted by Crippen LogP contribution is 2.31. The Morgan fingerprint density at radius 2 is 1.96 bits per heavy atom. The molecule has 1 saturated heterocycles. The fraction of sp³-hybridized carbons (Fsp3) is 0.438. The van der Waals surface area contributed by atoms with E-state index in [9.17, 15) is 13.2 Å². The number of likely N-dealkylation sites (tertiary alicyclic amines) is 1. The molecule has 0 atom stereocenters. The first-order valence-electron chi connectivity index (χ1n) is 7.73. The molecule has 128 valence electrons. The van der Waals surface area contributed by atoms with E-state index in [0.717, 1.165) is 32.0 Å². The summed E-state index contributed by atoms with van der Waals surface area (Å²) in [5.41, 5.74) is -0.498. The highest BCUT2D eigenvalue weighted by Gasteiger charge is 2.34. The minimum absolute atomic E-state index is 0.0216. The first kappa shape index (κ1) is 16.6. The van der Waals surface area contributed by atoms with Gasteiger partial charge in [-0.3, -0.25) is 4.98 Å². The van der Waals surface area contributed by atoms with Crippen molar-refractivity contribution in [3.05, 3.63) is 36.3 Å². The van der Waals surface area contributed by atoms with Crippen LogP contribution in [0.3, 0.4) is 0 Å². The van der Waals surface area contributed by atoms with Gasteiger partial charge in [0.1, 0.15) is 5.82 Å². The molecular weight excluding hydrogens is 319 g/mol. The van der Waals surface area contributed by atoms with Crippen LogP contribution in [-0.4, -0.2) is 46.0 Å². The average molecular weight is 337 g/mol. The number of aromatic nitrogens is 3. The summed E-state index contributed by atoms with van der Waals surface area (Å²) in [4.78, 5) is 14.0. The second-order valence-corrected chi connectivity index (χ2v) is 5.92. The molecule has 8 heteroatoms. The van der Waals surface area contributed by atoms with Gasteiger partial charge in [0.25, 0.3) is 0 Å². The van der Waals surface area contributed by atoms with Crippen LogP contribution in [0, 0.1) is 0 Å². The second-order valence-electron chi connectivity index (χ2n) is 5.92. The van der Waals surface area contributed by atoms with Gasteiger partial charge >= 0.3 is 6.18 Å². The van der Waals surface area contributed by atoms with E-state index in [1.807, 2.05) is 7.05 Å². The van der Waals surface area contributed by atoms with Gasteiger partial charge in [-0.15, -0.1) is 0 Å². The van der Waals surface area contributed by atoms with Gasteiger partial charge in [0.15, 0.2) is 11.5 Å². The Labute approximate surface area is 138 Å². The SMILES string of the molecule is CN1CCC(Nc2cc(C(F)(F)F)nc(-c3cccnc3)n2)CC1. The number of halogens is 3. The smallest absolute Gasteiger partial charge is 0.367 e. The van der Waals surface area contributed by atoms with Crippen LogP contribution in [0.5, 0.6) is 0 Å². The lowest BCUT2D eigenvalue weighted by Gasteiger charge is -2.30. The molecule has 2 aromatic rings. The number of piperidine rings is 1. The Hall–Kier alpha value is -2.22. The summed E-state index contributed by atoms with van der Waals surface area (Å²) in [6, 6.07) is 4.36. The molecule has 0 spiro atoms. The zero-order valence-corrected chi connectivity index (χ0v) is 13.2. The molecular formula is C16H18F3N5. The van der Waals surface area contributed by atoms with Crippen molar-refractivity contribution >= 4 is 5.82 Å². The topological polar surface area (TPSA) is 53.9 Å². The van der Waals surface area contributed by atoms with E-state index in [1.54, 1.807) is 18.3 Å². The fourth-order valence-electron chi connectivity index (χ4n) is 2.65. The maximum atomic E-state index is 13.2. The molecule has 0 aromatic carbocycles. The second kappa shape index (κ2) is 6.72. The molecule has 1 aliphatic rings. The molecule has 1 N–H and O–H groups in total. The highest BCUT2D eigenvalue weighted by atomic mass is 19.4. The molecule has 5 nitrogen and oxygen atoms in total. The Kier molecular flexibility index (Phi) is 4.66. The minimum Gasteiger partial charge on any atom is -0.367 e. The lowest BCUT2D eigenvalue weighted by molar-refractivity contribution is -0.141. The van der Waals surface area contributed by atoms with Crippen LogP contribution in [0.4, 0.5) is 19.0 Å². The summed E-state index contributed by atoms with van der Waals surface area (Å²) in [5, 5.41) is 3.13. The first-order valence-corrected chi connectivity index (χ1v) is 7.73. The number of nitrogens with zero attached hydrogens (tertiary/aromatic N) is 4. The Balaban J connectivity index is 1.90. The van der Waals surface area contributed by atoms with Crippen LogP contribution in [0.2, 0.25) is 0 Å². The van der Waals surface area contributed by atoms with Crippen LogP contribution in [0.1, 0.15) is 18.5 Å². The summed E-state index contributed by atoms with van der Waals surface area (Å²) >= 11 is 0. The predicted molar refractivity (Wildman–Crippen MR) is 84.4 cm³/mol. The standard InChI is InChI=1S/C16H18F3N5/c1-24-7-4-12(5-8-24)21-14-9-13(16(17,18)19)22-15(23-14)11-3-2-6-20-10-11/h2-3,6,9-10,12H,4-5,7-8H2,1H3,(H,21,22,23). The van der Waals surface area contributed by atoms with Crippen molar-refractivity contribution in [3.8, 4) is 11.4 Å². The molecule has 0 bridgehead atoms. The van der Waals surface area contributed by atoms with E-state index in [1.165, 1.54) is 6.20 Å². The van der Waals surface area contributed by atoms with Gasteiger partial charge in [-0.2, -0.15) is 13.2 Å². The van der Waals surface area contributed by atoms with Crippen molar-refractivity contribution in [1.29, 1.82) is 0 Å². The summed E-state index contributed by atoms with van der Waals surface area (Å²) < 4.78 is 39.5. The van der Waals surface area contributed by atoms with Gasteiger partial charge in [0.05, 0.1) is 0 Å². The van der Waals surface area contributed by atoms with E-state index >= 15 is 0 Å². The number of nitrogens with one attached hydrogen (secondary N) is 1. The molecule has 1 aliphatic heterocycles. The molecule has 0 amide bonds. The fourth-order valence-corrected chi connectivity index (χ4v) is 2.65. The Bertz CT molecular complexity index is 682. The zero-order valence-electron chi connectivity index (χ0n) is 13.2. The molecule has 0 aliphatic carbocycles. The number of hydrogen-bond donors (Lipinski definition) is 1. The highest BCUT2D eigenvalue weighted by molar-refractivity contribution is 5.56. The molecule has 0 saturated carbocycles. The van der Waals surface area contributed by atoms with E-state index < -0.39 is 11.9 Å². The number of anilines is 1. The van der Waals surface area contributed by atoms with Gasteiger partial charge in [-0.25, -0.2) is 9.97 Å². The molecule has 0 radical (unpaired) electrons. The zero-order chi connectivity index (χ0) is 17.2. The van der Waals surface area contributed by atoms with Gasteiger partial charge in [0.2, 0.25) is 0 Å². The van der Waals surface area contributed by atoms with Gasteiger partial charge in [-0.1, -0.05) is 0 Å². The van der Waals surface area contributed by atoms with Gasteiger partial charge < -0.3 is 10.2 Å². The minimum atomic E-state index is -4.52. The average Bonchev–Trinajstić information content (AvgIpc) is 2.57. The van der Waals surface area contributed by atoms with Gasteiger partial charge in [0, 0.05) is 30.1 Å². The number of pyridine rings is 1. The third-order valence-corrected chi connectivity index (χ3v) is 4.01. The number of hydrogen-bond acceptors (Lipinski definition) is 5. The van der Waals surface area contributed by atoms with Crippen LogP contribution in [-0.2, 0) is 6.18 Å². The van der Waals surface area contributed by atoms with Crippen molar-refractivity contribution in [1.82, 2.24) is 19.9 Å². The molecule has 2 aromatic heterocycles. The molecule has 3 heterocycles. The predicted octanol–water partition coefficient (Wildman–Crippen LogP) is 3.06. The lowest BCUT2D eigenvalue weighted by Crippen LogP contribution is -2.37. The van der Waals surface area contributed by atoms with E-state index in [0.29, 0.717) is 5.56 Å². The first-order chi connectivity index (χ1) is 11.4. The number of alkyl halides is 3. The summed E-state index contributed by atoms with van der Waals surface area (Å²) in [6.45, 7) is 1.81. The lowest BCUT2D eigenvalue weighted by atomic mass is 10.1. The maximum Gasteiger partial charge on any atom is 0.433 e. The van der Waals surface area contributed by atoms with Gasteiger partial charge in [-0.05, 0) is 45.1 Å². The quantitative estimate of drug-likeness (QED) is 0.933. The third-order valence-electron chi connectivity index (χ3n) is 4.01. The van der Waals surface area contributed by atoms with Crippen molar-refractivity contribution in [2.75, 3.05) is 25.5 Å². The van der Waals surface area contributed by atoms with E-state index in [4.69, 9.17) is 0 Å². The largest absolute Gasteiger partial charge is 0.433 e. The van der Waals surface area contributed by atoms with Crippen molar-refractivity contribution < 1.29 is 13.2 Å². The number of rotatable bonds is 3. The van der Waals surface area contributed by atoms with E-state index in [-0.39, 0.29) is 17.7 Å². The molecule has 1 fully saturated rings. The monoisotopic (exact) mass is 337 g/mol. The maximum absolute atomic E-state index is 13.2.